The first-order valence-corrected chi connectivity index (χ1v) is 6.55. The lowest BCUT2D eigenvalue weighted by Crippen LogP contribution is -2.37. The Bertz CT molecular complexity index is 752. The van der Waals surface area contributed by atoms with Gasteiger partial charge in [-0.15, -0.1) is 0 Å². The van der Waals surface area contributed by atoms with Crippen LogP contribution in [0.25, 0.3) is 11.1 Å². The van der Waals surface area contributed by atoms with E-state index in [0.29, 0.717) is 12.1 Å². The van der Waals surface area contributed by atoms with E-state index in [1.54, 1.807) is 11.0 Å². The van der Waals surface area contributed by atoms with Gasteiger partial charge in [-0.2, -0.15) is 0 Å². The average molecular weight is 264 g/mol. The number of hydrogen-bond donors (Lipinski definition) is 1. The maximum Gasteiger partial charge on any atom is 0.253 e. The van der Waals surface area contributed by atoms with Crippen molar-refractivity contribution in [2.45, 2.75) is 6.54 Å². The van der Waals surface area contributed by atoms with Crippen molar-refractivity contribution in [1.82, 2.24) is 5.32 Å². The molecule has 0 saturated heterocycles. The topological polar surface area (TPSA) is 49.4 Å². The van der Waals surface area contributed by atoms with E-state index in [1.807, 2.05) is 36.4 Å². The van der Waals surface area contributed by atoms with Gasteiger partial charge >= 0.3 is 0 Å². The van der Waals surface area contributed by atoms with Gasteiger partial charge in [0.05, 0.1) is 24.3 Å². The number of rotatable bonds is 0. The summed E-state index contributed by atoms with van der Waals surface area (Å²) in [4.78, 5) is 26.1. The van der Waals surface area contributed by atoms with E-state index in [2.05, 4.69) is 5.32 Å². The molecule has 0 aromatic heterocycles. The van der Waals surface area contributed by atoms with Gasteiger partial charge in [0.25, 0.3) is 5.91 Å². The Morgan fingerprint density at radius 1 is 0.900 bits per heavy atom. The molecule has 1 N–H and O–H groups in total. The largest absolute Gasteiger partial charge is 0.343 e. The number of benzene rings is 2. The molecular weight excluding hydrogens is 252 g/mol. The average Bonchev–Trinajstić information content (AvgIpc) is 2.61. The second-order valence-electron chi connectivity index (χ2n) is 5.02. The molecule has 0 atom stereocenters. The van der Waals surface area contributed by atoms with Crippen LogP contribution in [0.2, 0.25) is 0 Å². The van der Waals surface area contributed by atoms with Crippen LogP contribution in [0.4, 0.5) is 5.69 Å². The summed E-state index contributed by atoms with van der Waals surface area (Å²) in [5, 5.41) is 2.67. The molecule has 0 radical (unpaired) electrons. The lowest BCUT2D eigenvalue weighted by Gasteiger charge is -2.31. The third-order valence-corrected chi connectivity index (χ3v) is 3.89. The van der Waals surface area contributed by atoms with Gasteiger partial charge in [-0.1, -0.05) is 36.4 Å². The Morgan fingerprint density at radius 3 is 2.55 bits per heavy atom. The summed E-state index contributed by atoms with van der Waals surface area (Å²) < 4.78 is 0. The van der Waals surface area contributed by atoms with Gasteiger partial charge in [-0.05, 0) is 17.2 Å². The third kappa shape index (κ3) is 1.42. The standard InChI is InChI=1S/C16H12N2O2/c19-14-8-17-16(20)13-7-3-6-12-11-5-2-1-4-10(11)9-18(14)15(12)13/h1-7H,8-9H2,(H,17,20). The summed E-state index contributed by atoms with van der Waals surface area (Å²) in [5.41, 5.74) is 4.48. The lowest BCUT2D eigenvalue weighted by atomic mass is 9.91. The first-order valence-electron chi connectivity index (χ1n) is 6.55. The van der Waals surface area contributed by atoms with Crippen LogP contribution in [0.3, 0.4) is 0 Å². The molecule has 4 nitrogen and oxygen atoms in total. The van der Waals surface area contributed by atoms with Crippen molar-refractivity contribution in [3.05, 3.63) is 53.6 Å². The molecule has 20 heavy (non-hydrogen) atoms. The Morgan fingerprint density at radius 2 is 1.65 bits per heavy atom. The van der Waals surface area contributed by atoms with Crippen LogP contribution in [0.1, 0.15) is 15.9 Å². The van der Waals surface area contributed by atoms with Crippen LogP contribution < -0.4 is 10.2 Å². The van der Waals surface area contributed by atoms with Crippen LogP contribution in [0.15, 0.2) is 42.5 Å². The number of carbonyl (C=O) groups is 2. The van der Waals surface area contributed by atoms with Gasteiger partial charge < -0.3 is 10.2 Å². The van der Waals surface area contributed by atoms with Crippen molar-refractivity contribution in [2.75, 3.05) is 11.4 Å². The fourth-order valence-electron chi connectivity index (χ4n) is 2.96. The van der Waals surface area contributed by atoms with E-state index < -0.39 is 0 Å². The molecule has 0 unspecified atom stereocenters. The summed E-state index contributed by atoms with van der Waals surface area (Å²) >= 11 is 0. The molecule has 2 aromatic carbocycles. The van der Waals surface area contributed by atoms with E-state index >= 15 is 0 Å². The minimum atomic E-state index is -0.183. The van der Waals surface area contributed by atoms with Crippen LogP contribution in [-0.4, -0.2) is 18.4 Å². The Balaban J connectivity index is 2.07. The minimum absolute atomic E-state index is 0.0507. The highest BCUT2D eigenvalue weighted by atomic mass is 16.2. The number of nitrogens with zero attached hydrogens (tertiary/aromatic N) is 1. The van der Waals surface area contributed by atoms with Crippen molar-refractivity contribution in [3.8, 4) is 11.1 Å². The Hall–Kier alpha value is -2.62. The molecule has 2 aromatic rings. The predicted octanol–water partition coefficient (Wildman–Crippen LogP) is 1.94. The fraction of sp³-hybridized carbons (Fsp3) is 0.125. The fourth-order valence-corrected chi connectivity index (χ4v) is 2.96. The second kappa shape index (κ2) is 3.93. The van der Waals surface area contributed by atoms with Crippen molar-refractivity contribution in [2.24, 2.45) is 0 Å². The number of nitrogens with one attached hydrogen (secondary N) is 1. The van der Waals surface area contributed by atoms with Gasteiger partial charge in [-0.3, -0.25) is 9.59 Å². The molecular formula is C16H12N2O2. The summed E-state index contributed by atoms with van der Waals surface area (Å²) in [6.07, 6.45) is 0. The number of carbonyl (C=O) groups excluding carboxylic acids is 2. The van der Waals surface area contributed by atoms with Crippen molar-refractivity contribution in [3.63, 3.8) is 0 Å². The minimum Gasteiger partial charge on any atom is -0.343 e. The Kier molecular flexibility index (Phi) is 2.21. The maximum absolute atomic E-state index is 12.3. The highest BCUT2D eigenvalue weighted by Crippen LogP contribution is 2.41. The second-order valence-corrected chi connectivity index (χ2v) is 5.02. The molecule has 0 aliphatic carbocycles. The molecule has 4 heteroatoms. The first-order chi connectivity index (χ1) is 9.75. The SMILES string of the molecule is O=C1NCC(=O)N2Cc3ccccc3-c3cccc1c32. The summed E-state index contributed by atoms with van der Waals surface area (Å²) in [6, 6.07) is 13.6. The van der Waals surface area contributed by atoms with Crippen LogP contribution in [-0.2, 0) is 11.3 Å². The normalized spacial score (nSPS) is 16.1. The van der Waals surface area contributed by atoms with E-state index in [9.17, 15) is 9.59 Å². The zero-order chi connectivity index (χ0) is 13.7. The smallest absolute Gasteiger partial charge is 0.253 e. The van der Waals surface area contributed by atoms with Gasteiger partial charge in [0.1, 0.15) is 0 Å². The first kappa shape index (κ1) is 11.2. The molecule has 2 aliphatic heterocycles. The van der Waals surface area contributed by atoms with Gasteiger partial charge in [0.2, 0.25) is 5.91 Å². The zero-order valence-electron chi connectivity index (χ0n) is 10.7. The van der Waals surface area contributed by atoms with Gasteiger partial charge in [0, 0.05) is 5.56 Å². The van der Waals surface area contributed by atoms with Crippen molar-refractivity contribution >= 4 is 17.5 Å². The Labute approximate surface area is 116 Å². The zero-order valence-corrected chi connectivity index (χ0v) is 10.7. The maximum atomic E-state index is 12.3. The molecule has 2 aliphatic rings. The predicted molar refractivity (Wildman–Crippen MR) is 75.4 cm³/mol. The van der Waals surface area contributed by atoms with Gasteiger partial charge in [0.15, 0.2) is 0 Å². The summed E-state index contributed by atoms with van der Waals surface area (Å²) in [5.74, 6) is -0.254. The highest BCUT2D eigenvalue weighted by molar-refractivity contribution is 6.13. The molecule has 4 rings (SSSR count). The van der Waals surface area contributed by atoms with Crippen molar-refractivity contribution < 1.29 is 9.59 Å². The molecule has 2 heterocycles. The molecule has 2 amide bonds. The van der Waals surface area contributed by atoms with Crippen LogP contribution in [0, 0.1) is 0 Å². The number of hydrogen-bond acceptors (Lipinski definition) is 2. The lowest BCUT2D eigenvalue weighted by molar-refractivity contribution is -0.117. The van der Waals surface area contributed by atoms with E-state index in [-0.39, 0.29) is 18.4 Å². The molecule has 98 valence electrons. The molecule has 0 spiro atoms. The molecule has 0 fully saturated rings. The number of anilines is 1. The van der Waals surface area contributed by atoms with Gasteiger partial charge in [-0.25, -0.2) is 0 Å². The summed E-state index contributed by atoms with van der Waals surface area (Å²) in [6.45, 7) is 0.573. The summed E-state index contributed by atoms with van der Waals surface area (Å²) in [7, 11) is 0. The number of amides is 2. The quantitative estimate of drug-likeness (QED) is 0.790. The van der Waals surface area contributed by atoms with E-state index in [1.165, 1.54) is 0 Å². The molecule has 0 bridgehead atoms. The molecule has 0 saturated carbocycles. The van der Waals surface area contributed by atoms with E-state index in [4.69, 9.17) is 0 Å². The number of fused-ring (bicyclic) bond motifs is 2. The monoisotopic (exact) mass is 264 g/mol. The number of para-hydroxylation sites is 1. The third-order valence-electron chi connectivity index (χ3n) is 3.89. The van der Waals surface area contributed by atoms with E-state index in [0.717, 1.165) is 22.4 Å². The van der Waals surface area contributed by atoms with Crippen molar-refractivity contribution in [1.29, 1.82) is 0 Å². The van der Waals surface area contributed by atoms with Crippen LogP contribution in [0.5, 0.6) is 0 Å². The van der Waals surface area contributed by atoms with Crippen LogP contribution >= 0.6 is 0 Å². The highest BCUT2D eigenvalue weighted by Gasteiger charge is 2.32.